The van der Waals surface area contributed by atoms with E-state index in [1.807, 2.05) is 0 Å². The fraction of sp³-hybridized carbons (Fsp3) is 0.750. The van der Waals surface area contributed by atoms with Crippen LogP contribution >= 0.6 is 0 Å². The van der Waals surface area contributed by atoms with Gasteiger partial charge >= 0.3 is 6.16 Å². The van der Waals surface area contributed by atoms with E-state index in [2.05, 4.69) is 4.74 Å². The summed E-state index contributed by atoms with van der Waals surface area (Å²) in [6.07, 6.45) is -1.95. The second-order valence-electron chi connectivity index (χ2n) is 1.22. The molecule has 5 nitrogen and oxygen atoms in total. The largest absolute Gasteiger partial charge is 0.503 e. The first-order valence-electron chi connectivity index (χ1n) is 2.21. The molecule has 0 saturated heterocycles. The van der Waals surface area contributed by atoms with Crippen LogP contribution in [-0.4, -0.2) is 29.7 Å². The van der Waals surface area contributed by atoms with Gasteiger partial charge in [-0.25, -0.2) is 4.79 Å². The van der Waals surface area contributed by atoms with Crippen LogP contribution in [0.5, 0.6) is 0 Å². The van der Waals surface area contributed by atoms with Gasteiger partial charge in [-0.3, -0.25) is 0 Å². The highest BCUT2D eigenvalue weighted by Gasteiger charge is 1.78. The van der Waals surface area contributed by atoms with Gasteiger partial charge in [-0.2, -0.15) is 0 Å². The lowest BCUT2D eigenvalue weighted by atomic mass is 10.7. The van der Waals surface area contributed by atoms with E-state index in [-0.39, 0.29) is 6.23 Å². The second kappa shape index (κ2) is 7.19. The minimum atomic E-state index is -1.83. The average Bonchev–Trinajstić information content (AvgIpc) is 1.65. The Bertz CT molecular complexity index is 69.0. The fourth-order valence-corrected chi connectivity index (χ4v) is 0. The molecule has 0 bridgehead atoms. The Morgan fingerprint density at radius 3 is 1.78 bits per heavy atom. The zero-order chi connectivity index (χ0) is 7.86. The molecule has 0 radical (unpaired) electrons. The summed E-state index contributed by atoms with van der Waals surface area (Å²) < 4.78 is 4.53. The first-order valence-corrected chi connectivity index (χ1v) is 2.21. The van der Waals surface area contributed by atoms with Crippen LogP contribution in [0.4, 0.5) is 4.79 Å². The number of nitrogens with two attached hydrogens (primary N) is 1. The highest BCUT2D eigenvalue weighted by atomic mass is 16.6. The molecule has 0 aromatic heterocycles. The van der Waals surface area contributed by atoms with Crippen molar-refractivity contribution in [3.8, 4) is 0 Å². The summed E-state index contributed by atoms with van der Waals surface area (Å²) >= 11 is 0. The van der Waals surface area contributed by atoms with Crippen LogP contribution in [0.25, 0.3) is 0 Å². The van der Waals surface area contributed by atoms with E-state index in [1.165, 1.54) is 0 Å². The summed E-state index contributed by atoms with van der Waals surface area (Å²) in [5.41, 5.74) is 5.07. The molecule has 0 aromatic rings. The molecule has 4 N–H and O–H groups in total. The van der Waals surface area contributed by atoms with E-state index in [4.69, 9.17) is 20.7 Å². The van der Waals surface area contributed by atoms with Crippen molar-refractivity contribution in [2.75, 3.05) is 7.11 Å². The quantitative estimate of drug-likeness (QED) is 0.447. The number of methoxy groups -OCH3 is 1. The molecule has 0 aliphatic carbocycles. The third-order valence-electron chi connectivity index (χ3n) is 0.372. The van der Waals surface area contributed by atoms with E-state index in [1.54, 1.807) is 14.0 Å². The molecule has 1 atom stereocenters. The number of ether oxygens (including phenoxy) is 1. The molecule has 0 amide bonds. The first kappa shape index (κ1) is 11.0. The van der Waals surface area contributed by atoms with Crippen LogP contribution < -0.4 is 5.73 Å². The van der Waals surface area contributed by atoms with Gasteiger partial charge < -0.3 is 20.7 Å². The van der Waals surface area contributed by atoms with Crippen LogP contribution in [0.15, 0.2) is 0 Å². The van der Waals surface area contributed by atoms with Gasteiger partial charge in [0, 0.05) is 7.11 Å². The van der Waals surface area contributed by atoms with Crippen LogP contribution in [-0.2, 0) is 4.74 Å². The first-order chi connectivity index (χ1) is 4.00. The molecule has 0 fully saturated rings. The Balaban J connectivity index is 0. The Kier molecular flexibility index (Phi) is 8.83. The Morgan fingerprint density at radius 2 is 1.78 bits per heavy atom. The van der Waals surface area contributed by atoms with Gasteiger partial charge in [0.15, 0.2) is 0 Å². The normalized spacial score (nSPS) is 11.0. The van der Waals surface area contributed by atoms with Gasteiger partial charge in [-0.1, -0.05) is 0 Å². The minimum Gasteiger partial charge on any atom is -0.450 e. The summed E-state index contributed by atoms with van der Waals surface area (Å²) in [5, 5.41) is 13.9. The Hall–Kier alpha value is -0.810. The molecule has 1 unspecified atom stereocenters. The molecule has 0 rings (SSSR count). The van der Waals surface area contributed by atoms with E-state index >= 15 is 0 Å². The van der Waals surface area contributed by atoms with Crippen molar-refractivity contribution in [1.82, 2.24) is 0 Å². The molecule has 5 heteroatoms. The van der Waals surface area contributed by atoms with Crippen molar-refractivity contribution in [3.63, 3.8) is 0 Å². The van der Waals surface area contributed by atoms with Gasteiger partial charge in [0.2, 0.25) is 0 Å². The van der Waals surface area contributed by atoms with E-state index in [0.717, 1.165) is 0 Å². The topological polar surface area (TPSA) is 92.8 Å². The summed E-state index contributed by atoms with van der Waals surface area (Å²) in [6.45, 7) is 1.78. The van der Waals surface area contributed by atoms with Crippen molar-refractivity contribution in [2.24, 2.45) is 5.73 Å². The number of carboxylic acid groups (broad SMARTS) is 2. The predicted molar refractivity (Wildman–Crippen MR) is 31.3 cm³/mol. The third kappa shape index (κ3) is 137. The molecule has 0 heterocycles. The monoisotopic (exact) mass is 137 g/mol. The maximum atomic E-state index is 8.56. The number of hydrogen-bond acceptors (Lipinski definition) is 3. The molecule has 0 aliphatic heterocycles. The number of carbonyl (C=O) groups is 1. The predicted octanol–water partition coefficient (Wildman–Crippen LogP) is 0.160. The molecule has 0 spiro atoms. The molecule has 0 aromatic carbocycles. The van der Waals surface area contributed by atoms with Gasteiger partial charge in [-0.15, -0.1) is 0 Å². The van der Waals surface area contributed by atoms with Gasteiger partial charge in [-0.05, 0) is 6.92 Å². The lowest BCUT2D eigenvalue weighted by Crippen LogP contribution is -2.15. The Morgan fingerprint density at radius 1 is 1.67 bits per heavy atom. The van der Waals surface area contributed by atoms with Crippen LogP contribution in [0.1, 0.15) is 6.92 Å². The highest BCUT2D eigenvalue weighted by molar-refractivity contribution is 5.53. The number of rotatable bonds is 1. The average molecular weight is 137 g/mol. The maximum Gasteiger partial charge on any atom is 0.503 e. The lowest BCUT2D eigenvalue weighted by Gasteiger charge is -1.95. The lowest BCUT2D eigenvalue weighted by molar-refractivity contribution is 0.124. The standard InChI is InChI=1S/C3H9NO.CH2O3/c1-3(4)5-2;2-1(3)4/h3H,4H2,1-2H3;(H2,2,3,4). The van der Waals surface area contributed by atoms with Crippen molar-refractivity contribution in [2.45, 2.75) is 13.2 Å². The van der Waals surface area contributed by atoms with Gasteiger partial charge in [0.1, 0.15) is 6.23 Å². The molecule has 0 aliphatic rings. The zero-order valence-electron chi connectivity index (χ0n) is 5.37. The van der Waals surface area contributed by atoms with Gasteiger partial charge in [0.25, 0.3) is 0 Å². The Labute approximate surface area is 53.0 Å². The zero-order valence-corrected chi connectivity index (χ0v) is 5.37. The van der Waals surface area contributed by atoms with E-state index in [9.17, 15) is 0 Å². The van der Waals surface area contributed by atoms with Crippen molar-refractivity contribution in [1.29, 1.82) is 0 Å². The summed E-state index contributed by atoms with van der Waals surface area (Å²) in [6, 6.07) is 0. The third-order valence-corrected chi connectivity index (χ3v) is 0.372. The molecular formula is C4H11NO4. The van der Waals surface area contributed by atoms with Crippen LogP contribution in [0, 0.1) is 0 Å². The SMILES string of the molecule is COC(C)N.O=C(O)O. The highest BCUT2D eigenvalue weighted by Crippen LogP contribution is 1.66. The van der Waals surface area contributed by atoms with E-state index < -0.39 is 6.16 Å². The van der Waals surface area contributed by atoms with Crippen LogP contribution in [0.3, 0.4) is 0 Å². The van der Waals surface area contributed by atoms with Crippen molar-refractivity contribution >= 4 is 6.16 Å². The minimum absolute atomic E-state index is 0.116. The van der Waals surface area contributed by atoms with Crippen LogP contribution in [0.2, 0.25) is 0 Å². The molecule has 0 saturated carbocycles. The number of hydrogen-bond donors (Lipinski definition) is 3. The van der Waals surface area contributed by atoms with Crippen molar-refractivity contribution < 1.29 is 19.7 Å². The molecule has 9 heavy (non-hydrogen) atoms. The summed E-state index contributed by atoms with van der Waals surface area (Å²) in [5.74, 6) is 0. The molecular weight excluding hydrogens is 126 g/mol. The van der Waals surface area contributed by atoms with Crippen molar-refractivity contribution in [3.05, 3.63) is 0 Å². The fourth-order valence-electron chi connectivity index (χ4n) is 0. The molecule has 56 valence electrons. The van der Waals surface area contributed by atoms with E-state index in [0.29, 0.717) is 0 Å². The second-order valence-corrected chi connectivity index (χ2v) is 1.22. The van der Waals surface area contributed by atoms with Gasteiger partial charge in [0.05, 0.1) is 0 Å². The summed E-state index contributed by atoms with van der Waals surface area (Å²) in [4.78, 5) is 8.56. The maximum absolute atomic E-state index is 8.56. The smallest absolute Gasteiger partial charge is 0.450 e. The summed E-state index contributed by atoms with van der Waals surface area (Å²) in [7, 11) is 1.57.